The Morgan fingerprint density at radius 1 is 1.16 bits per heavy atom. The van der Waals surface area contributed by atoms with E-state index in [1.807, 2.05) is 6.92 Å². The van der Waals surface area contributed by atoms with E-state index < -0.39 is 28.5 Å². The van der Waals surface area contributed by atoms with Crippen molar-refractivity contribution >= 4 is 67.8 Å². The van der Waals surface area contributed by atoms with Gasteiger partial charge < -0.3 is 10.5 Å². The fourth-order valence-corrected chi connectivity index (χ4v) is 4.07. The Morgan fingerprint density at radius 3 is 2.11 bits per heavy atom. The summed E-state index contributed by atoms with van der Waals surface area (Å²) in [5, 5.41) is 0. The molecule has 0 spiro atoms. The van der Waals surface area contributed by atoms with Crippen LogP contribution in [0, 0.1) is 18.2 Å². The number of hydrogen-bond acceptors (Lipinski definition) is 6. The third-order valence-electron chi connectivity index (χ3n) is 5.40. The van der Waals surface area contributed by atoms with Gasteiger partial charge in [0.2, 0.25) is 5.91 Å². The number of esters is 1. The number of nitrogens with zero attached hydrogens (tertiary/aromatic N) is 1. The second-order valence-corrected chi connectivity index (χ2v) is 10.6. The molecule has 1 amide bonds. The summed E-state index contributed by atoms with van der Waals surface area (Å²) < 4.78 is 57.3. The van der Waals surface area contributed by atoms with Gasteiger partial charge in [-0.3, -0.25) is 14.5 Å². The zero-order chi connectivity index (χ0) is 29.1. The van der Waals surface area contributed by atoms with Crippen LogP contribution in [0.15, 0.2) is 28.3 Å². The summed E-state index contributed by atoms with van der Waals surface area (Å²) in [5.74, 6) is -1.53. The quantitative estimate of drug-likeness (QED) is 0.161. The number of anilines is 1. The van der Waals surface area contributed by atoms with E-state index in [4.69, 9.17) is 29.2 Å². The summed E-state index contributed by atoms with van der Waals surface area (Å²) in [5.41, 5.74) is 3.72. The number of aryl methyl sites for hydroxylation is 1. The van der Waals surface area contributed by atoms with Crippen LogP contribution in [0.5, 0.6) is 0 Å². The first-order valence-electron chi connectivity index (χ1n) is 11.3. The number of ether oxygens (including phenoxy) is 1. The number of nitrogens with two attached hydrogens (primary N) is 1. The molecule has 0 heterocycles. The smallest absolute Gasteiger partial charge is 0.412 e. The number of thiocarbonyl (C=S) groups is 2. The van der Waals surface area contributed by atoms with Crippen LogP contribution in [-0.2, 0) is 14.3 Å². The van der Waals surface area contributed by atoms with Crippen LogP contribution in [0.4, 0.5) is 23.2 Å². The predicted molar refractivity (Wildman–Crippen MR) is 150 cm³/mol. The van der Waals surface area contributed by atoms with Crippen LogP contribution in [0.25, 0.3) is 0 Å². The van der Waals surface area contributed by atoms with Crippen molar-refractivity contribution in [3.05, 3.63) is 39.6 Å². The Morgan fingerprint density at radius 2 is 1.68 bits per heavy atom. The molecule has 2 rings (SSSR count). The summed E-state index contributed by atoms with van der Waals surface area (Å²) in [6.07, 6.45) is 0.267. The summed E-state index contributed by atoms with van der Waals surface area (Å²) in [7, 11) is 1.50. The second kappa shape index (κ2) is 15.6. The van der Waals surface area contributed by atoms with Crippen molar-refractivity contribution in [2.24, 2.45) is 11.1 Å². The molecule has 1 aliphatic carbocycles. The van der Waals surface area contributed by atoms with Crippen LogP contribution >= 0.6 is 40.4 Å². The highest BCUT2D eigenvalue weighted by molar-refractivity contribution is 9.10. The third kappa shape index (κ3) is 11.3. The summed E-state index contributed by atoms with van der Waals surface area (Å²) in [4.78, 5) is 24.3. The molecular formula is C25H33BrF4N2O3S2. The van der Waals surface area contributed by atoms with Gasteiger partial charge in [-0.15, -0.1) is 0 Å². The Kier molecular flexibility index (Phi) is 14.9. The van der Waals surface area contributed by atoms with E-state index in [-0.39, 0.29) is 17.1 Å². The maximum atomic E-state index is 14.0. The maximum absolute atomic E-state index is 14.0. The molecule has 12 heteroatoms. The Hall–Kier alpha value is -1.76. The lowest BCUT2D eigenvalue weighted by atomic mass is 9.89. The fraction of sp³-hybridized carbons (Fsp3) is 0.520. The molecule has 0 atom stereocenters. The minimum atomic E-state index is -4.57. The summed E-state index contributed by atoms with van der Waals surface area (Å²) in [6.45, 7) is 7.66. The fourth-order valence-electron chi connectivity index (χ4n) is 3.29. The number of benzene rings is 1. The molecule has 1 fully saturated rings. The van der Waals surface area contributed by atoms with Crippen LogP contribution in [0.2, 0.25) is 0 Å². The van der Waals surface area contributed by atoms with E-state index in [0.29, 0.717) is 22.7 Å². The van der Waals surface area contributed by atoms with Gasteiger partial charge in [0.1, 0.15) is 17.4 Å². The van der Waals surface area contributed by atoms with Gasteiger partial charge in [-0.1, -0.05) is 53.2 Å². The largest absolute Gasteiger partial charge is 0.460 e. The van der Waals surface area contributed by atoms with Gasteiger partial charge in [0.25, 0.3) is 0 Å². The third-order valence-corrected chi connectivity index (χ3v) is 6.67. The number of hydrogen-bond donors (Lipinski definition) is 1. The molecule has 0 aliphatic heterocycles. The van der Waals surface area contributed by atoms with E-state index in [1.54, 1.807) is 13.8 Å². The molecule has 5 nitrogen and oxygen atoms in total. The Bertz CT molecular complexity index is 1020. The maximum Gasteiger partial charge on any atom is 0.412 e. The molecule has 2 N–H and O–H groups in total. The number of allylic oxidation sites excluding steroid dienone is 1. The molecule has 208 valence electrons. The number of carbonyl (C=O) groups is 2. The first kappa shape index (κ1) is 35.2. The van der Waals surface area contributed by atoms with Crippen molar-refractivity contribution in [1.29, 1.82) is 0 Å². The van der Waals surface area contributed by atoms with Crippen molar-refractivity contribution in [1.82, 2.24) is 0 Å². The molecule has 0 unspecified atom stereocenters. The van der Waals surface area contributed by atoms with E-state index in [9.17, 15) is 27.2 Å². The van der Waals surface area contributed by atoms with Gasteiger partial charge in [-0.2, -0.15) is 13.2 Å². The van der Waals surface area contributed by atoms with E-state index in [0.717, 1.165) is 55.4 Å². The Labute approximate surface area is 234 Å². The number of rotatable bonds is 5. The van der Waals surface area contributed by atoms with Gasteiger partial charge in [0.05, 0.1) is 11.1 Å². The van der Waals surface area contributed by atoms with Crippen LogP contribution < -0.4 is 10.6 Å². The van der Waals surface area contributed by atoms with Gasteiger partial charge >= 0.3 is 12.1 Å². The number of halogens is 5. The number of alkyl halides is 3. The first-order chi connectivity index (χ1) is 17.0. The molecule has 0 radical (unpaired) electrons. The zero-order valence-corrected chi connectivity index (χ0v) is 24.9. The van der Waals surface area contributed by atoms with Crippen LogP contribution in [-0.4, -0.2) is 41.6 Å². The highest BCUT2D eigenvalue weighted by Crippen LogP contribution is 2.38. The average Bonchev–Trinajstić information content (AvgIpc) is 3.24. The second-order valence-electron chi connectivity index (χ2n) is 8.62. The highest BCUT2D eigenvalue weighted by atomic mass is 79.9. The standard InChI is InChI=1S/C14H12BrF4NOS.C10H16O2S.CH5N/c1-7-4-12(11(16)6-10(7)15)20(9(3)21)13(22)5-8(2)14(17,18)19;1-8(13)7-12-9(11)10(2)5-3-4-6-10;1-2/h4-6H,1-3H3;3-7H2,1-2H3;2H2,1H3/b8-5+;;. The lowest BCUT2D eigenvalue weighted by Crippen LogP contribution is -2.34. The average molecular weight is 630 g/mol. The predicted octanol–water partition coefficient (Wildman–Crippen LogP) is 7.16. The zero-order valence-electron chi connectivity index (χ0n) is 21.7. The topological polar surface area (TPSA) is 72.6 Å². The number of carbonyl (C=O) groups excluding carboxylic acids is 2. The molecular weight excluding hydrogens is 596 g/mol. The van der Waals surface area contributed by atoms with E-state index in [1.165, 1.54) is 13.1 Å². The normalized spacial score (nSPS) is 14.4. The monoisotopic (exact) mass is 628 g/mol. The summed E-state index contributed by atoms with van der Waals surface area (Å²) >= 11 is 12.8. The van der Waals surface area contributed by atoms with Crippen molar-refractivity contribution in [3.63, 3.8) is 0 Å². The van der Waals surface area contributed by atoms with Gasteiger partial charge in [-0.25, -0.2) is 4.39 Å². The van der Waals surface area contributed by atoms with Crippen LogP contribution in [0.1, 0.15) is 58.9 Å². The van der Waals surface area contributed by atoms with Gasteiger partial charge in [0, 0.05) is 21.8 Å². The van der Waals surface area contributed by atoms with Crippen molar-refractivity contribution in [3.8, 4) is 0 Å². The molecule has 0 bridgehead atoms. The van der Waals surface area contributed by atoms with Crippen molar-refractivity contribution in [2.45, 2.75) is 66.5 Å². The first-order valence-corrected chi connectivity index (χ1v) is 12.9. The van der Waals surface area contributed by atoms with Crippen molar-refractivity contribution < 1.29 is 31.9 Å². The van der Waals surface area contributed by atoms with E-state index in [2.05, 4.69) is 21.7 Å². The lowest BCUT2D eigenvalue weighted by molar-refractivity contribution is -0.152. The molecule has 1 aromatic carbocycles. The van der Waals surface area contributed by atoms with Crippen LogP contribution in [0.3, 0.4) is 0 Å². The highest BCUT2D eigenvalue weighted by Gasteiger charge is 2.37. The number of amides is 1. The summed E-state index contributed by atoms with van der Waals surface area (Å²) in [6, 6.07) is 2.47. The minimum Gasteiger partial charge on any atom is -0.460 e. The Balaban J connectivity index is 0.000000733. The van der Waals surface area contributed by atoms with Crippen molar-refractivity contribution in [2.75, 3.05) is 18.6 Å². The molecule has 0 aromatic heterocycles. The van der Waals surface area contributed by atoms with Gasteiger partial charge in [-0.05, 0) is 71.4 Å². The van der Waals surface area contributed by atoms with Gasteiger partial charge in [0.15, 0.2) is 0 Å². The molecule has 1 aliphatic rings. The molecule has 1 aromatic rings. The molecule has 0 saturated heterocycles. The lowest BCUT2D eigenvalue weighted by Gasteiger charge is -2.22. The SMILES string of the molecule is CC(=O)N(C(=S)/C=C(\C)C(F)(F)F)c1cc(C)c(Br)cc1F.CC(=S)COC(=O)C1(C)CCCC1.CN. The van der Waals surface area contributed by atoms with E-state index >= 15 is 0 Å². The molecule has 1 saturated carbocycles. The molecule has 37 heavy (non-hydrogen) atoms. The minimum absolute atomic E-state index is 0.0748.